The number of allylic oxidation sites excluding steroid dienone is 2. The Balaban J connectivity index is 1.86. The number of nitrogens with one attached hydrogen (secondary N) is 1. The van der Waals surface area contributed by atoms with Crippen LogP contribution in [0.25, 0.3) is 0 Å². The molecule has 0 radical (unpaired) electrons. The largest absolute Gasteiger partial charge is 0.345 e. The maximum Gasteiger partial charge on any atom is 0.254 e. The van der Waals surface area contributed by atoms with Crippen molar-refractivity contribution in [2.45, 2.75) is 39.2 Å². The lowest BCUT2D eigenvalue weighted by molar-refractivity contribution is -0.147. The molecule has 7 nitrogen and oxygen atoms in total. The number of hydrogen-bond donors (Lipinski definition) is 1. The zero-order chi connectivity index (χ0) is 22.9. The van der Waals surface area contributed by atoms with E-state index in [2.05, 4.69) is 5.32 Å². The SMILES string of the molecule is CC(C)CC(C(=O)Nc1ccc(Cl)c(C(=O)N(C)C)c1)N1C(=O)C2CC=CCC2C1=O. The third kappa shape index (κ3) is 4.66. The molecule has 2 aliphatic rings. The first kappa shape index (κ1) is 23.0. The van der Waals surface area contributed by atoms with Gasteiger partial charge >= 0.3 is 0 Å². The minimum Gasteiger partial charge on any atom is -0.345 e. The van der Waals surface area contributed by atoms with Crippen molar-refractivity contribution in [3.05, 3.63) is 40.9 Å². The van der Waals surface area contributed by atoms with Gasteiger partial charge in [0.15, 0.2) is 0 Å². The van der Waals surface area contributed by atoms with Crippen LogP contribution in [-0.2, 0) is 14.4 Å². The average Bonchev–Trinajstić information content (AvgIpc) is 2.97. The van der Waals surface area contributed by atoms with Crippen molar-refractivity contribution in [1.29, 1.82) is 0 Å². The summed E-state index contributed by atoms with van der Waals surface area (Å²) in [5, 5.41) is 3.05. The summed E-state index contributed by atoms with van der Waals surface area (Å²) in [6.45, 7) is 3.88. The van der Waals surface area contributed by atoms with Crippen molar-refractivity contribution in [2.75, 3.05) is 19.4 Å². The van der Waals surface area contributed by atoms with E-state index in [-0.39, 0.29) is 46.1 Å². The Morgan fingerprint density at radius 3 is 2.23 bits per heavy atom. The van der Waals surface area contributed by atoms with E-state index >= 15 is 0 Å². The van der Waals surface area contributed by atoms with E-state index in [9.17, 15) is 19.2 Å². The molecular formula is C23H28ClN3O4. The highest BCUT2D eigenvalue weighted by molar-refractivity contribution is 6.34. The number of rotatable bonds is 6. The van der Waals surface area contributed by atoms with Crippen LogP contribution in [0.4, 0.5) is 5.69 Å². The zero-order valence-electron chi connectivity index (χ0n) is 18.2. The van der Waals surface area contributed by atoms with Crippen molar-refractivity contribution in [3.8, 4) is 0 Å². The number of nitrogens with zero attached hydrogens (tertiary/aromatic N) is 2. The number of fused-ring (bicyclic) bond motifs is 1. The molecule has 1 aliphatic heterocycles. The van der Waals surface area contributed by atoms with Gasteiger partial charge in [-0.25, -0.2) is 0 Å². The van der Waals surface area contributed by atoms with E-state index < -0.39 is 11.9 Å². The molecule has 1 saturated heterocycles. The molecule has 1 aromatic carbocycles. The molecule has 4 amide bonds. The third-order valence-corrected chi connectivity index (χ3v) is 6.05. The van der Waals surface area contributed by atoms with Gasteiger partial charge in [-0.15, -0.1) is 0 Å². The lowest BCUT2D eigenvalue weighted by atomic mass is 9.85. The number of carbonyl (C=O) groups excluding carboxylic acids is 4. The normalized spacial score (nSPS) is 21.3. The van der Waals surface area contributed by atoms with Gasteiger partial charge in [0.25, 0.3) is 5.91 Å². The van der Waals surface area contributed by atoms with Crippen LogP contribution in [0.2, 0.25) is 5.02 Å². The van der Waals surface area contributed by atoms with Crippen LogP contribution < -0.4 is 5.32 Å². The van der Waals surface area contributed by atoms with Gasteiger partial charge in [0.2, 0.25) is 17.7 Å². The van der Waals surface area contributed by atoms with Crippen LogP contribution in [0.15, 0.2) is 30.4 Å². The highest BCUT2D eigenvalue weighted by atomic mass is 35.5. The van der Waals surface area contributed by atoms with Gasteiger partial charge in [-0.05, 0) is 43.4 Å². The second-order valence-electron chi connectivity index (χ2n) is 8.73. The minimum absolute atomic E-state index is 0.0909. The van der Waals surface area contributed by atoms with E-state index in [1.807, 2.05) is 26.0 Å². The molecule has 1 aromatic rings. The molecular weight excluding hydrogens is 418 g/mol. The fraction of sp³-hybridized carbons (Fsp3) is 0.478. The zero-order valence-corrected chi connectivity index (χ0v) is 19.0. The maximum absolute atomic E-state index is 13.2. The van der Waals surface area contributed by atoms with E-state index in [1.54, 1.807) is 20.2 Å². The monoisotopic (exact) mass is 445 g/mol. The number of imide groups is 1. The van der Waals surface area contributed by atoms with Gasteiger partial charge < -0.3 is 10.2 Å². The van der Waals surface area contributed by atoms with Crippen molar-refractivity contribution in [2.24, 2.45) is 17.8 Å². The van der Waals surface area contributed by atoms with Crippen molar-refractivity contribution < 1.29 is 19.2 Å². The summed E-state index contributed by atoms with van der Waals surface area (Å²) in [6, 6.07) is 3.73. The number of anilines is 1. The first-order valence-electron chi connectivity index (χ1n) is 10.5. The summed E-state index contributed by atoms with van der Waals surface area (Å²) in [6.07, 6.45) is 5.24. The predicted octanol–water partition coefficient (Wildman–Crippen LogP) is 3.35. The molecule has 1 aliphatic carbocycles. The van der Waals surface area contributed by atoms with Gasteiger partial charge in [0.1, 0.15) is 6.04 Å². The maximum atomic E-state index is 13.2. The quantitative estimate of drug-likeness (QED) is 0.537. The van der Waals surface area contributed by atoms with E-state index in [1.165, 1.54) is 21.9 Å². The Labute approximate surface area is 187 Å². The van der Waals surface area contributed by atoms with Gasteiger partial charge in [-0.3, -0.25) is 24.1 Å². The van der Waals surface area contributed by atoms with Crippen molar-refractivity contribution in [3.63, 3.8) is 0 Å². The number of likely N-dealkylation sites (tertiary alicyclic amines) is 1. The molecule has 0 aromatic heterocycles. The second-order valence-corrected chi connectivity index (χ2v) is 9.14. The van der Waals surface area contributed by atoms with Gasteiger partial charge in [0.05, 0.1) is 22.4 Å². The van der Waals surface area contributed by atoms with E-state index in [0.29, 0.717) is 24.9 Å². The summed E-state index contributed by atoms with van der Waals surface area (Å²) in [5.74, 6) is -1.99. The molecule has 31 heavy (non-hydrogen) atoms. The van der Waals surface area contributed by atoms with E-state index in [0.717, 1.165) is 0 Å². The molecule has 3 atom stereocenters. The average molecular weight is 446 g/mol. The van der Waals surface area contributed by atoms with Crippen molar-refractivity contribution in [1.82, 2.24) is 9.80 Å². The summed E-state index contributed by atoms with van der Waals surface area (Å²) in [4.78, 5) is 54.2. The number of carbonyl (C=O) groups is 4. The second kappa shape index (κ2) is 9.22. The van der Waals surface area contributed by atoms with Crippen LogP contribution in [0, 0.1) is 17.8 Å². The molecule has 3 rings (SSSR count). The summed E-state index contributed by atoms with van der Waals surface area (Å²) in [7, 11) is 3.23. The van der Waals surface area contributed by atoms with Crippen LogP contribution in [-0.4, -0.2) is 53.6 Å². The minimum atomic E-state index is -0.908. The number of hydrogen-bond acceptors (Lipinski definition) is 4. The molecule has 8 heteroatoms. The van der Waals surface area contributed by atoms with Gasteiger partial charge in [-0.1, -0.05) is 37.6 Å². The molecule has 0 saturated carbocycles. The predicted molar refractivity (Wildman–Crippen MR) is 119 cm³/mol. The lowest BCUT2D eigenvalue weighted by Gasteiger charge is -2.27. The Hall–Kier alpha value is -2.67. The van der Waals surface area contributed by atoms with Crippen LogP contribution in [0.1, 0.15) is 43.5 Å². The number of halogens is 1. The summed E-state index contributed by atoms with van der Waals surface area (Å²) >= 11 is 6.15. The fourth-order valence-corrected chi connectivity index (χ4v) is 4.34. The van der Waals surface area contributed by atoms with Crippen LogP contribution in [0.5, 0.6) is 0 Å². The topological polar surface area (TPSA) is 86.8 Å². The number of benzene rings is 1. The molecule has 1 N–H and O–H groups in total. The van der Waals surface area contributed by atoms with Crippen LogP contribution in [0.3, 0.4) is 0 Å². The molecule has 0 spiro atoms. The first-order valence-corrected chi connectivity index (χ1v) is 10.8. The number of amides is 4. The Morgan fingerprint density at radius 2 is 1.71 bits per heavy atom. The highest BCUT2D eigenvalue weighted by Crippen LogP contribution is 2.37. The standard InChI is InChI=1S/C23H28ClN3O4/c1-13(2)11-19(27-22(30)15-7-5-6-8-16(15)23(27)31)20(28)25-14-9-10-18(24)17(12-14)21(29)26(3)4/h5-6,9-10,12-13,15-16,19H,7-8,11H2,1-4H3,(H,25,28). The summed E-state index contributed by atoms with van der Waals surface area (Å²) in [5.41, 5.74) is 0.641. The highest BCUT2D eigenvalue weighted by Gasteiger charge is 2.51. The smallest absolute Gasteiger partial charge is 0.254 e. The first-order chi connectivity index (χ1) is 14.6. The van der Waals surface area contributed by atoms with Crippen molar-refractivity contribution >= 4 is 40.9 Å². The Morgan fingerprint density at radius 1 is 1.13 bits per heavy atom. The Bertz CT molecular complexity index is 915. The molecule has 1 heterocycles. The molecule has 166 valence electrons. The third-order valence-electron chi connectivity index (χ3n) is 5.72. The van der Waals surface area contributed by atoms with Crippen LogP contribution >= 0.6 is 11.6 Å². The molecule has 1 fully saturated rings. The fourth-order valence-electron chi connectivity index (χ4n) is 4.14. The molecule has 3 unspecified atom stereocenters. The van der Waals surface area contributed by atoms with Gasteiger partial charge in [-0.2, -0.15) is 0 Å². The molecule has 0 bridgehead atoms. The Kier molecular flexibility index (Phi) is 6.84. The van der Waals surface area contributed by atoms with Gasteiger partial charge in [0, 0.05) is 19.8 Å². The lowest BCUT2D eigenvalue weighted by Crippen LogP contribution is -2.48. The van der Waals surface area contributed by atoms with E-state index in [4.69, 9.17) is 11.6 Å². The summed E-state index contributed by atoms with van der Waals surface area (Å²) < 4.78 is 0.